The van der Waals surface area contributed by atoms with Crippen molar-refractivity contribution < 1.29 is 4.79 Å². The number of nitrogens with one attached hydrogen (secondary N) is 1. The molecule has 1 aliphatic carbocycles. The average Bonchev–Trinajstić information content (AvgIpc) is 3.36. The van der Waals surface area contributed by atoms with Gasteiger partial charge in [-0.3, -0.25) is 9.20 Å². The maximum absolute atomic E-state index is 13.0. The van der Waals surface area contributed by atoms with Gasteiger partial charge in [-0.15, -0.1) is 21.5 Å². The molecule has 1 amide bonds. The summed E-state index contributed by atoms with van der Waals surface area (Å²) < 4.78 is 3.06. The Labute approximate surface area is 165 Å². The van der Waals surface area contributed by atoms with Gasteiger partial charge in [0.15, 0.2) is 11.5 Å². The lowest BCUT2D eigenvalue weighted by Crippen LogP contribution is -2.35. The number of allylic oxidation sites excluding steroid dienone is 2. The molecule has 3 heterocycles. The van der Waals surface area contributed by atoms with E-state index in [-0.39, 0.29) is 17.7 Å². The van der Waals surface area contributed by atoms with Crippen molar-refractivity contribution in [1.82, 2.24) is 24.9 Å². The van der Waals surface area contributed by atoms with E-state index < -0.39 is 0 Å². The Kier molecular flexibility index (Phi) is 4.37. The maximum atomic E-state index is 13.0. The minimum Gasteiger partial charge on any atom is -0.349 e. The van der Waals surface area contributed by atoms with E-state index in [2.05, 4.69) is 33.7 Å². The lowest BCUT2D eigenvalue weighted by Gasteiger charge is -2.25. The molecular weight excluding hydrogens is 370 g/mol. The molecule has 3 aromatic heterocycles. The van der Waals surface area contributed by atoms with Crippen LogP contribution in [0, 0.1) is 5.92 Å². The van der Waals surface area contributed by atoms with Crippen molar-refractivity contribution in [2.24, 2.45) is 5.92 Å². The van der Waals surface area contributed by atoms with Gasteiger partial charge < -0.3 is 5.32 Å². The molecule has 1 aromatic carbocycles. The van der Waals surface area contributed by atoms with Gasteiger partial charge in [0.1, 0.15) is 0 Å². The van der Waals surface area contributed by atoms with E-state index >= 15 is 0 Å². The molecule has 0 fully saturated rings. The van der Waals surface area contributed by atoms with E-state index in [0.29, 0.717) is 6.54 Å². The Morgan fingerprint density at radius 3 is 2.89 bits per heavy atom. The molecule has 4 aromatic rings. The molecule has 0 bridgehead atoms. The molecule has 7 heteroatoms. The number of carbonyl (C=O) groups excluding carboxylic acids is 1. The molecule has 5 rings (SSSR count). The van der Waals surface area contributed by atoms with Crippen molar-refractivity contribution >= 4 is 33.1 Å². The van der Waals surface area contributed by atoms with Crippen LogP contribution in [-0.2, 0) is 11.3 Å². The molecule has 28 heavy (non-hydrogen) atoms. The van der Waals surface area contributed by atoms with Crippen LogP contribution < -0.4 is 5.32 Å². The van der Waals surface area contributed by atoms with Gasteiger partial charge in [0.05, 0.1) is 27.7 Å². The second-order valence-electron chi connectivity index (χ2n) is 6.94. The summed E-state index contributed by atoms with van der Waals surface area (Å²) in [6.07, 6.45) is 7.73. The molecular formula is C21H19N5OS. The Morgan fingerprint density at radius 1 is 1.11 bits per heavy atom. The minimum atomic E-state index is -0.121. The van der Waals surface area contributed by atoms with Crippen LogP contribution in [0.2, 0.25) is 0 Å². The van der Waals surface area contributed by atoms with E-state index in [1.54, 1.807) is 11.3 Å². The molecule has 0 spiro atoms. The fourth-order valence-corrected chi connectivity index (χ4v) is 4.88. The highest BCUT2D eigenvalue weighted by molar-refractivity contribution is 7.18. The second-order valence-corrected chi connectivity index (χ2v) is 8.00. The van der Waals surface area contributed by atoms with E-state index in [0.717, 1.165) is 34.8 Å². The largest absolute Gasteiger partial charge is 0.349 e. The van der Waals surface area contributed by atoms with E-state index in [1.165, 1.54) is 4.70 Å². The molecule has 140 valence electrons. The monoisotopic (exact) mass is 389 g/mol. The molecule has 6 nitrogen and oxygen atoms in total. The predicted octanol–water partition coefficient (Wildman–Crippen LogP) is 3.71. The zero-order valence-electron chi connectivity index (χ0n) is 15.2. The van der Waals surface area contributed by atoms with Crippen LogP contribution in [-0.4, -0.2) is 25.5 Å². The molecule has 0 saturated carbocycles. The highest BCUT2D eigenvalue weighted by Gasteiger charge is 2.32. The first kappa shape index (κ1) is 17.1. The summed E-state index contributed by atoms with van der Waals surface area (Å²) in [6, 6.07) is 13.9. The van der Waals surface area contributed by atoms with E-state index in [9.17, 15) is 4.79 Å². The average molecular weight is 389 g/mol. The van der Waals surface area contributed by atoms with Gasteiger partial charge in [-0.25, -0.2) is 4.98 Å². The molecule has 0 unspecified atom stereocenters. The summed E-state index contributed by atoms with van der Waals surface area (Å²) in [4.78, 5) is 17.8. The summed E-state index contributed by atoms with van der Waals surface area (Å²) in [6.45, 7) is 0.358. The number of aromatic nitrogens is 4. The number of benzene rings is 1. The van der Waals surface area contributed by atoms with Crippen molar-refractivity contribution in [1.29, 1.82) is 0 Å². The zero-order valence-corrected chi connectivity index (χ0v) is 16.0. The van der Waals surface area contributed by atoms with Gasteiger partial charge in [0.25, 0.3) is 0 Å². The van der Waals surface area contributed by atoms with Gasteiger partial charge >= 0.3 is 0 Å². The number of rotatable bonds is 4. The van der Waals surface area contributed by atoms with Gasteiger partial charge in [-0.1, -0.05) is 30.4 Å². The summed E-state index contributed by atoms with van der Waals surface area (Å²) in [5.74, 6) is 0.760. The van der Waals surface area contributed by atoms with Gasteiger partial charge in [-0.05, 0) is 37.1 Å². The second kappa shape index (κ2) is 7.16. The Balaban J connectivity index is 1.35. The third-order valence-electron chi connectivity index (χ3n) is 5.20. The molecule has 1 N–H and O–H groups in total. The van der Waals surface area contributed by atoms with Crippen molar-refractivity contribution in [3.05, 3.63) is 71.6 Å². The summed E-state index contributed by atoms with van der Waals surface area (Å²) in [7, 11) is 0. The van der Waals surface area contributed by atoms with Crippen molar-refractivity contribution in [2.45, 2.75) is 25.3 Å². The van der Waals surface area contributed by atoms with Crippen molar-refractivity contribution in [2.75, 3.05) is 0 Å². The highest BCUT2D eigenvalue weighted by atomic mass is 32.1. The number of fused-ring (bicyclic) bond motifs is 2. The summed E-state index contributed by atoms with van der Waals surface area (Å²) >= 11 is 1.69. The van der Waals surface area contributed by atoms with Crippen LogP contribution in [0.5, 0.6) is 0 Å². The van der Waals surface area contributed by atoms with Gasteiger partial charge in [0, 0.05) is 12.1 Å². The number of pyridine rings is 1. The van der Waals surface area contributed by atoms with Crippen LogP contribution in [0.1, 0.15) is 29.6 Å². The number of amides is 1. The number of nitrogens with zero attached hydrogens (tertiary/aromatic N) is 4. The summed E-state index contributed by atoms with van der Waals surface area (Å²) in [5.41, 5.74) is 1.78. The number of hydrogen-bond donors (Lipinski definition) is 1. The SMILES string of the molecule is O=C(NCc1nnc2ccccn12)[C@@H]1CC=CC[C@@H]1c1nc2ccccc2s1. The lowest BCUT2D eigenvalue weighted by molar-refractivity contribution is -0.126. The molecule has 0 radical (unpaired) electrons. The van der Waals surface area contributed by atoms with Crippen LogP contribution in [0.4, 0.5) is 0 Å². The maximum Gasteiger partial charge on any atom is 0.224 e. The van der Waals surface area contributed by atoms with Crippen LogP contribution in [0.25, 0.3) is 15.9 Å². The number of hydrogen-bond acceptors (Lipinski definition) is 5. The lowest BCUT2D eigenvalue weighted by atomic mass is 9.82. The van der Waals surface area contributed by atoms with Crippen LogP contribution in [0.3, 0.4) is 0 Å². The Hall–Kier alpha value is -3.06. The third-order valence-corrected chi connectivity index (χ3v) is 6.37. The van der Waals surface area contributed by atoms with E-state index in [4.69, 9.17) is 4.98 Å². The highest BCUT2D eigenvalue weighted by Crippen LogP contribution is 2.38. The van der Waals surface area contributed by atoms with Gasteiger partial charge in [-0.2, -0.15) is 0 Å². The van der Waals surface area contributed by atoms with Crippen molar-refractivity contribution in [3.8, 4) is 0 Å². The summed E-state index contributed by atoms with van der Waals surface area (Å²) in [5, 5.41) is 12.4. The normalized spacial score (nSPS) is 19.3. The van der Waals surface area contributed by atoms with Gasteiger partial charge in [0.2, 0.25) is 5.91 Å². The third kappa shape index (κ3) is 3.07. The quantitative estimate of drug-likeness (QED) is 0.540. The molecule has 1 aliphatic rings. The first-order valence-corrected chi connectivity index (χ1v) is 10.2. The van der Waals surface area contributed by atoms with E-state index in [1.807, 2.05) is 47.0 Å². The number of thiazole rings is 1. The fourth-order valence-electron chi connectivity index (χ4n) is 3.73. The topological polar surface area (TPSA) is 72.2 Å². The minimum absolute atomic E-state index is 0.0429. The smallest absolute Gasteiger partial charge is 0.224 e. The first-order chi connectivity index (χ1) is 13.8. The van der Waals surface area contributed by atoms with Crippen LogP contribution in [0.15, 0.2) is 60.8 Å². The standard InChI is InChI=1S/C21H19N5OS/c27-20(22-13-19-25-24-18-11-5-6-12-26(18)19)14-7-1-2-8-15(14)21-23-16-9-3-4-10-17(16)28-21/h1-6,9-12,14-15H,7-8,13H2,(H,22,27)/t14-,15+/m1/s1. The fraction of sp³-hybridized carbons (Fsp3) is 0.238. The molecule has 2 atom stereocenters. The van der Waals surface area contributed by atoms with Crippen molar-refractivity contribution in [3.63, 3.8) is 0 Å². The Bertz CT molecular complexity index is 1140. The zero-order chi connectivity index (χ0) is 18.9. The number of para-hydroxylation sites is 1. The number of carbonyl (C=O) groups is 1. The predicted molar refractivity (Wildman–Crippen MR) is 109 cm³/mol. The Morgan fingerprint density at radius 2 is 1.96 bits per heavy atom. The van der Waals surface area contributed by atoms with Crippen LogP contribution >= 0.6 is 11.3 Å². The molecule has 0 aliphatic heterocycles. The molecule has 0 saturated heterocycles. The first-order valence-electron chi connectivity index (χ1n) is 9.36.